The van der Waals surface area contributed by atoms with Gasteiger partial charge in [0.1, 0.15) is 0 Å². The van der Waals surface area contributed by atoms with Gasteiger partial charge in [-0.25, -0.2) is 4.79 Å². The van der Waals surface area contributed by atoms with Crippen LogP contribution < -0.4 is 0 Å². The molecule has 2 rings (SSSR count). The smallest absolute Gasteiger partial charge is 0.330 e. The van der Waals surface area contributed by atoms with E-state index in [4.69, 9.17) is 16.3 Å². The van der Waals surface area contributed by atoms with Gasteiger partial charge in [-0.05, 0) is 55.0 Å². The third-order valence-electron chi connectivity index (χ3n) is 2.71. The van der Waals surface area contributed by atoms with Crippen LogP contribution >= 0.6 is 39.3 Å². The van der Waals surface area contributed by atoms with Crippen LogP contribution in [-0.2, 0) is 9.53 Å². The Morgan fingerprint density at radius 2 is 1.91 bits per heavy atom. The molecule has 0 radical (unpaired) electrons. The molecule has 0 aliphatic carbocycles. The van der Waals surface area contributed by atoms with Crippen molar-refractivity contribution in [2.45, 2.75) is 16.7 Å². The first kappa shape index (κ1) is 17.1. The summed E-state index contributed by atoms with van der Waals surface area (Å²) in [5.41, 5.74) is 0.787. The summed E-state index contributed by atoms with van der Waals surface area (Å²) in [4.78, 5) is 13.5. The van der Waals surface area contributed by atoms with E-state index >= 15 is 0 Å². The Balaban J connectivity index is 2.09. The lowest BCUT2D eigenvalue weighted by molar-refractivity contribution is -0.137. The van der Waals surface area contributed by atoms with E-state index in [2.05, 4.69) is 15.9 Å². The zero-order valence-electron chi connectivity index (χ0n) is 11.9. The topological polar surface area (TPSA) is 26.3 Å². The quantitative estimate of drug-likeness (QED) is 0.469. The number of hydrogen-bond donors (Lipinski definition) is 0. The van der Waals surface area contributed by atoms with Crippen molar-refractivity contribution in [2.75, 3.05) is 6.61 Å². The van der Waals surface area contributed by atoms with E-state index in [1.807, 2.05) is 42.5 Å². The molecular weight excluding hydrogens is 384 g/mol. The number of benzene rings is 2. The highest BCUT2D eigenvalue weighted by Crippen LogP contribution is 2.31. The monoisotopic (exact) mass is 396 g/mol. The van der Waals surface area contributed by atoms with Crippen molar-refractivity contribution in [3.8, 4) is 0 Å². The Hall–Kier alpha value is -1.23. The van der Waals surface area contributed by atoms with Crippen molar-refractivity contribution >= 4 is 51.3 Å². The summed E-state index contributed by atoms with van der Waals surface area (Å²) in [5.74, 6) is -0.369. The standard InChI is InChI=1S/C17H14BrClO2S/c1-2-21-17(20)10-4-12-3-7-15(11-16(12)19)22-14-8-5-13(18)6-9-14/h3-11H,2H2,1H3/b10-4+. The molecule has 0 saturated carbocycles. The Morgan fingerprint density at radius 3 is 2.55 bits per heavy atom. The SMILES string of the molecule is CCOC(=O)/C=C/c1ccc(Sc2ccc(Br)cc2)cc1Cl. The molecule has 0 bridgehead atoms. The van der Waals surface area contributed by atoms with Gasteiger partial charge >= 0.3 is 5.97 Å². The molecule has 0 aliphatic rings. The lowest BCUT2D eigenvalue weighted by Crippen LogP contribution is -1.98. The van der Waals surface area contributed by atoms with Crippen LogP contribution in [0.1, 0.15) is 12.5 Å². The highest BCUT2D eigenvalue weighted by Gasteiger charge is 2.03. The van der Waals surface area contributed by atoms with E-state index < -0.39 is 0 Å². The molecule has 0 heterocycles. The summed E-state index contributed by atoms with van der Waals surface area (Å²) in [6.07, 6.45) is 3.04. The number of hydrogen-bond acceptors (Lipinski definition) is 3. The van der Waals surface area contributed by atoms with E-state index in [0.717, 1.165) is 19.8 Å². The maximum Gasteiger partial charge on any atom is 0.330 e. The van der Waals surface area contributed by atoms with Gasteiger partial charge in [-0.15, -0.1) is 0 Å². The highest BCUT2D eigenvalue weighted by atomic mass is 79.9. The fourth-order valence-corrected chi connectivity index (χ4v) is 3.12. The molecule has 0 atom stereocenters. The second-order valence-electron chi connectivity index (χ2n) is 4.32. The first-order valence-corrected chi connectivity index (χ1v) is 8.65. The van der Waals surface area contributed by atoms with Crippen LogP contribution in [0.25, 0.3) is 6.08 Å². The molecule has 0 spiro atoms. The minimum absolute atomic E-state index is 0.361. The van der Waals surface area contributed by atoms with Crippen LogP contribution in [0.15, 0.2) is 62.8 Å². The largest absolute Gasteiger partial charge is 0.463 e. The first-order valence-electron chi connectivity index (χ1n) is 6.66. The second kappa shape index (κ2) is 8.42. The predicted octanol–water partition coefficient (Wildman–Crippen LogP) is 5.83. The Labute approximate surface area is 147 Å². The number of esters is 1. The summed E-state index contributed by atoms with van der Waals surface area (Å²) < 4.78 is 5.89. The summed E-state index contributed by atoms with van der Waals surface area (Å²) in [7, 11) is 0. The molecule has 22 heavy (non-hydrogen) atoms. The van der Waals surface area contributed by atoms with Gasteiger partial charge in [0.05, 0.1) is 6.61 Å². The third-order valence-corrected chi connectivity index (χ3v) is 4.56. The van der Waals surface area contributed by atoms with Crippen molar-refractivity contribution in [2.24, 2.45) is 0 Å². The summed E-state index contributed by atoms with van der Waals surface area (Å²) in [6, 6.07) is 13.8. The molecule has 5 heteroatoms. The van der Waals surface area contributed by atoms with E-state index in [9.17, 15) is 4.79 Å². The third kappa shape index (κ3) is 5.20. The molecule has 0 aromatic heterocycles. The van der Waals surface area contributed by atoms with Crippen LogP contribution in [0, 0.1) is 0 Å². The minimum Gasteiger partial charge on any atom is -0.463 e. The van der Waals surface area contributed by atoms with Crippen molar-refractivity contribution in [3.63, 3.8) is 0 Å². The van der Waals surface area contributed by atoms with E-state index in [0.29, 0.717) is 11.6 Å². The van der Waals surface area contributed by atoms with Gasteiger partial charge in [0.15, 0.2) is 0 Å². The number of rotatable bonds is 5. The van der Waals surface area contributed by atoms with Crippen molar-refractivity contribution in [1.82, 2.24) is 0 Å². The van der Waals surface area contributed by atoms with Crippen LogP contribution in [-0.4, -0.2) is 12.6 Å². The van der Waals surface area contributed by atoms with E-state index in [1.54, 1.807) is 24.8 Å². The van der Waals surface area contributed by atoms with Gasteiger partial charge in [0.2, 0.25) is 0 Å². The summed E-state index contributed by atoms with van der Waals surface area (Å²) >= 11 is 11.3. The van der Waals surface area contributed by atoms with Gasteiger partial charge in [0, 0.05) is 25.4 Å². The zero-order valence-corrected chi connectivity index (χ0v) is 15.0. The summed E-state index contributed by atoms with van der Waals surface area (Å²) in [5, 5.41) is 0.600. The second-order valence-corrected chi connectivity index (χ2v) is 6.79. The first-order chi connectivity index (χ1) is 10.6. The van der Waals surface area contributed by atoms with Gasteiger partial charge in [-0.2, -0.15) is 0 Å². The number of ether oxygens (including phenoxy) is 1. The van der Waals surface area contributed by atoms with Crippen LogP contribution in [0.2, 0.25) is 5.02 Å². The maximum absolute atomic E-state index is 11.3. The fourth-order valence-electron chi connectivity index (χ4n) is 1.69. The van der Waals surface area contributed by atoms with Crippen molar-refractivity contribution in [3.05, 3.63) is 63.6 Å². The van der Waals surface area contributed by atoms with Crippen molar-refractivity contribution < 1.29 is 9.53 Å². The van der Waals surface area contributed by atoms with Crippen molar-refractivity contribution in [1.29, 1.82) is 0 Å². The van der Waals surface area contributed by atoms with Gasteiger partial charge in [-0.3, -0.25) is 0 Å². The zero-order chi connectivity index (χ0) is 15.9. The number of halogens is 2. The average molecular weight is 398 g/mol. The number of carbonyl (C=O) groups is 1. The fraction of sp³-hybridized carbons (Fsp3) is 0.118. The molecule has 2 aromatic rings. The summed E-state index contributed by atoms with van der Waals surface area (Å²) in [6.45, 7) is 2.13. The Kier molecular flexibility index (Phi) is 6.55. The van der Waals surface area contributed by atoms with E-state index in [1.165, 1.54) is 6.08 Å². The van der Waals surface area contributed by atoms with Gasteiger partial charge < -0.3 is 4.74 Å². The maximum atomic E-state index is 11.3. The van der Waals surface area contributed by atoms with Crippen LogP contribution in [0.5, 0.6) is 0 Å². The molecule has 0 unspecified atom stereocenters. The molecule has 2 nitrogen and oxygen atoms in total. The lowest BCUT2D eigenvalue weighted by Gasteiger charge is -2.05. The highest BCUT2D eigenvalue weighted by molar-refractivity contribution is 9.10. The van der Waals surface area contributed by atoms with Crippen LogP contribution in [0.4, 0.5) is 0 Å². The van der Waals surface area contributed by atoms with Gasteiger partial charge in [0.25, 0.3) is 0 Å². The Bertz CT molecular complexity index is 684. The van der Waals surface area contributed by atoms with Crippen LogP contribution in [0.3, 0.4) is 0 Å². The molecule has 0 saturated heterocycles. The normalized spacial score (nSPS) is 10.9. The Morgan fingerprint density at radius 1 is 1.23 bits per heavy atom. The number of carbonyl (C=O) groups excluding carboxylic acids is 1. The molecule has 114 valence electrons. The molecule has 2 aromatic carbocycles. The molecule has 0 amide bonds. The lowest BCUT2D eigenvalue weighted by atomic mass is 10.2. The average Bonchev–Trinajstić information content (AvgIpc) is 2.49. The molecular formula is C17H14BrClO2S. The predicted molar refractivity (Wildman–Crippen MR) is 95.4 cm³/mol. The van der Waals surface area contributed by atoms with E-state index in [-0.39, 0.29) is 5.97 Å². The molecule has 0 fully saturated rings. The minimum atomic E-state index is -0.369. The van der Waals surface area contributed by atoms with Gasteiger partial charge in [-0.1, -0.05) is 45.4 Å². The molecule has 0 N–H and O–H groups in total. The molecule has 0 aliphatic heterocycles.